The van der Waals surface area contributed by atoms with E-state index in [0.29, 0.717) is 17.4 Å². The van der Waals surface area contributed by atoms with Gasteiger partial charge in [0, 0.05) is 18.2 Å². The van der Waals surface area contributed by atoms with Crippen LogP contribution in [0, 0.1) is 17.6 Å². The van der Waals surface area contributed by atoms with Crippen molar-refractivity contribution in [3.05, 3.63) is 52.9 Å². The van der Waals surface area contributed by atoms with Crippen molar-refractivity contribution in [2.24, 2.45) is 5.92 Å². The summed E-state index contributed by atoms with van der Waals surface area (Å²) in [6, 6.07) is 5.62. The SMILES string of the molecule is CC(C)CCn1nc(C(C)c2cc(F)ccc2F)cc1C(C)C. The number of rotatable bonds is 6. The Bertz CT molecular complexity index is 659. The summed E-state index contributed by atoms with van der Waals surface area (Å²) >= 11 is 0. The third-order valence-electron chi connectivity index (χ3n) is 4.21. The summed E-state index contributed by atoms with van der Waals surface area (Å²) in [5.74, 6) is -0.143. The standard InChI is InChI=1S/C19H26F2N2/c1-12(2)8-9-23-19(13(3)4)11-18(22-23)14(5)16-10-15(20)6-7-17(16)21/h6-7,10-14H,8-9H2,1-5H3. The van der Waals surface area contributed by atoms with Crippen LogP contribution in [0.4, 0.5) is 8.78 Å². The molecule has 126 valence electrons. The summed E-state index contributed by atoms with van der Waals surface area (Å²) in [5, 5.41) is 4.68. The quantitative estimate of drug-likeness (QED) is 0.689. The van der Waals surface area contributed by atoms with E-state index in [4.69, 9.17) is 0 Å². The third kappa shape index (κ3) is 4.18. The highest BCUT2D eigenvalue weighted by Crippen LogP contribution is 2.28. The lowest BCUT2D eigenvalue weighted by Crippen LogP contribution is -2.09. The maximum absolute atomic E-state index is 14.0. The maximum Gasteiger partial charge on any atom is 0.127 e. The van der Waals surface area contributed by atoms with Crippen LogP contribution in [0.2, 0.25) is 0 Å². The number of aryl methyl sites for hydroxylation is 1. The van der Waals surface area contributed by atoms with Crippen LogP contribution in [0.3, 0.4) is 0 Å². The van der Waals surface area contributed by atoms with Crippen LogP contribution in [0.5, 0.6) is 0 Å². The fourth-order valence-electron chi connectivity index (χ4n) is 2.69. The Morgan fingerprint density at radius 3 is 2.35 bits per heavy atom. The largest absolute Gasteiger partial charge is 0.269 e. The van der Waals surface area contributed by atoms with Gasteiger partial charge in [-0.3, -0.25) is 4.68 Å². The Balaban J connectivity index is 2.35. The first-order chi connectivity index (χ1) is 10.8. The van der Waals surface area contributed by atoms with E-state index in [1.807, 2.05) is 17.7 Å². The minimum Gasteiger partial charge on any atom is -0.269 e. The molecule has 1 atom stereocenters. The zero-order valence-electron chi connectivity index (χ0n) is 14.6. The molecule has 1 unspecified atom stereocenters. The first-order valence-corrected chi connectivity index (χ1v) is 8.32. The predicted molar refractivity (Wildman–Crippen MR) is 89.6 cm³/mol. The smallest absolute Gasteiger partial charge is 0.127 e. The number of aromatic nitrogens is 2. The highest BCUT2D eigenvalue weighted by Gasteiger charge is 2.20. The summed E-state index contributed by atoms with van der Waals surface area (Å²) in [4.78, 5) is 0. The average molecular weight is 320 g/mol. The second-order valence-electron chi connectivity index (χ2n) is 6.94. The molecule has 1 heterocycles. The average Bonchev–Trinajstić information content (AvgIpc) is 2.91. The molecule has 1 aromatic carbocycles. The first-order valence-electron chi connectivity index (χ1n) is 8.32. The molecule has 0 saturated heterocycles. The van der Waals surface area contributed by atoms with E-state index in [1.165, 1.54) is 12.1 Å². The zero-order chi connectivity index (χ0) is 17.1. The molecule has 0 aliphatic rings. The van der Waals surface area contributed by atoms with E-state index >= 15 is 0 Å². The van der Waals surface area contributed by atoms with Gasteiger partial charge in [-0.1, -0.05) is 34.6 Å². The van der Waals surface area contributed by atoms with Gasteiger partial charge in [0.05, 0.1) is 5.69 Å². The van der Waals surface area contributed by atoms with Crippen molar-refractivity contribution in [2.75, 3.05) is 0 Å². The van der Waals surface area contributed by atoms with Crippen molar-refractivity contribution in [3.8, 4) is 0 Å². The van der Waals surface area contributed by atoms with E-state index in [0.717, 1.165) is 30.4 Å². The Labute approximate surface area is 137 Å². The summed E-state index contributed by atoms with van der Waals surface area (Å²) in [6.45, 7) is 11.3. The molecule has 0 amide bonds. The van der Waals surface area contributed by atoms with Gasteiger partial charge < -0.3 is 0 Å². The van der Waals surface area contributed by atoms with E-state index in [9.17, 15) is 8.78 Å². The Kier molecular flexibility index (Phi) is 5.55. The molecule has 23 heavy (non-hydrogen) atoms. The van der Waals surface area contributed by atoms with Crippen LogP contribution >= 0.6 is 0 Å². The van der Waals surface area contributed by atoms with Crippen molar-refractivity contribution >= 4 is 0 Å². The normalized spacial score (nSPS) is 13.1. The molecule has 0 aliphatic heterocycles. The monoisotopic (exact) mass is 320 g/mol. The number of nitrogens with zero attached hydrogens (tertiary/aromatic N) is 2. The van der Waals surface area contributed by atoms with Crippen LogP contribution in [0.1, 0.15) is 69.8 Å². The van der Waals surface area contributed by atoms with Gasteiger partial charge in [0.25, 0.3) is 0 Å². The van der Waals surface area contributed by atoms with Gasteiger partial charge in [-0.05, 0) is 48.1 Å². The molecule has 0 aliphatic carbocycles. The van der Waals surface area contributed by atoms with Crippen LogP contribution in [-0.2, 0) is 6.54 Å². The highest BCUT2D eigenvalue weighted by atomic mass is 19.1. The molecule has 0 saturated carbocycles. The van der Waals surface area contributed by atoms with Crippen LogP contribution < -0.4 is 0 Å². The van der Waals surface area contributed by atoms with Gasteiger partial charge in [-0.2, -0.15) is 5.10 Å². The van der Waals surface area contributed by atoms with Crippen LogP contribution in [0.15, 0.2) is 24.3 Å². The van der Waals surface area contributed by atoms with E-state index in [2.05, 4.69) is 32.8 Å². The van der Waals surface area contributed by atoms with Gasteiger partial charge in [0.15, 0.2) is 0 Å². The summed E-state index contributed by atoms with van der Waals surface area (Å²) in [5.41, 5.74) is 2.29. The second-order valence-corrected chi connectivity index (χ2v) is 6.94. The summed E-state index contributed by atoms with van der Waals surface area (Å²) in [7, 11) is 0. The lowest BCUT2D eigenvalue weighted by Gasteiger charge is -2.11. The van der Waals surface area contributed by atoms with E-state index < -0.39 is 5.82 Å². The Morgan fingerprint density at radius 1 is 1.04 bits per heavy atom. The molecule has 0 spiro atoms. The van der Waals surface area contributed by atoms with Gasteiger partial charge in [-0.25, -0.2) is 8.78 Å². The molecule has 2 rings (SSSR count). The lowest BCUT2D eigenvalue weighted by atomic mass is 9.96. The van der Waals surface area contributed by atoms with Gasteiger partial charge >= 0.3 is 0 Å². The van der Waals surface area contributed by atoms with Crippen molar-refractivity contribution in [3.63, 3.8) is 0 Å². The fraction of sp³-hybridized carbons (Fsp3) is 0.526. The molecular weight excluding hydrogens is 294 g/mol. The molecule has 0 fully saturated rings. The fourth-order valence-corrected chi connectivity index (χ4v) is 2.69. The van der Waals surface area contributed by atoms with Crippen LogP contribution in [0.25, 0.3) is 0 Å². The van der Waals surface area contributed by atoms with Crippen LogP contribution in [-0.4, -0.2) is 9.78 Å². The summed E-state index contributed by atoms with van der Waals surface area (Å²) in [6.07, 6.45) is 1.05. The molecule has 0 radical (unpaired) electrons. The minimum atomic E-state index is -0.420. The van der Waals surface area contributed by atoms with E-state index in [-0.39, 0.29) is 11.7 Å². The van der Waals surface area contributed by atoms with Gasteiger partial charge in [0.2, 0.25) is 0 Å². The number of hydrogen-bond acceptors (Lipinski definition) is 1. The topological polar surface area (TPSA) is 17.8 Å². The van der Waals surface area contributed by atoms with Gasteiger partial charge in [0.1, 0.15) is 11.6 Å². The number of hydrogen-bond donors (Lipinski definition) is 0. The van der Waals surface area contributed by atoms with Gasteiger partial charge in [-0.15, -0.1) is 0 Å². The highest BCUT2D eigenvalue weighted by molar-refractivity contribution is 5.31. The second kappa shape index (κ2) is 7.24. The lowest BCUT2D eigenvalue weighted by molar-refractivity contribution is 0.466. The van der Waals surface area contributed by atoms with Crippen molar-refractivity contribution in [1.29, 1.82) is 0 Å². The predicted octanol–water partition coefficient (Wildman–Crippen LogP) is 5.48. The number of halogens is 2. The Hall–Kier alpha value is -1.71. The zero-order valence-corrected chi connectivity index (χ0v) is 14.6. The van der Waals surface area contributed by atoms with E-state index in [1.54, 1.807) is 0 Å². The number of benzene rings is 1. The summed E-state index contributed by atoms with van der Waals surface area (Å²) < 4.78 is 29.5. The van der Waals surface area contributed by atoms with Crippen molar-refractivity contribution < 1.29 is 8.78 Å². The maximum atomic E-state index is 14.0. The molecule has 0 bridgehead atoms. The molecule has 1 aromatic heterocycles. The molecule has 4 heteroatoms. The van der Waals surface area contributed by atoms with Crippen molar-refractivity contribution in [1.82, 2.24) is 9.78 Å². The minimum absolute atomic E-state index is 0.275. The molecule has 2 aromatic rings. The molecular formula is C19H26F2N2. The van der Waals surface area contributed by atoms with Crippen molar-refractivity contribution in [2.45, 2.75) is 59.4 Å². The first kappa shape index (κ1) is 17.6. The molecule has 2 nitrogen and oxygen atoms in total. The Morgan fingerprint density at radius 2 is 1.74 bits per heavy atom. The molecule has 0 N–H and O–H groups in total. The third-order valence-corrected chi connectivity index (χ3v) is 4.21.